The first-order valence-electron chi connectivity index (χ1n) is 9.28. The van der Waals surface area contributed by atoms with E-state index < -0.39 is 10.9 Å². The second kappa shape index (κ2) is 9.90. The zero-order valence-electron chi connectivity index (χ0n) is 15.4. The average Bonchev–Trinajstić information content (AvgIpc) is 2.73. The van der Waals surface area contributed by atoms with Crippen molar-refractivity contribution in [3.63, 3.8) is 0 Å². The topological polar surface area (TPSA) is 80.3 Å². The molecule has 7 heteroatoms. The molecule has 6 nitrogen and oxygen atoms in total. The highest BCUT2D eigenvalue weighted by Crippen LogP contribution is 2.20. The molecule has 0 spiro atoms. The zero-order valence-corrected chi connectivity index (χ0v) is 16.2. The Morgan fingerprint density at radius 1 is 0.929 bits per heavy atom. The monoisotopic (exact) mass is 399 g/mol. The number of ether oxygens (including phenoxy) is 1. The quantitative estimate of drug-likeness (QED) is 0.373. The first kappa shape index (κ1) is 19.9. The van der Waals surface area contributed by atoms with Gasteiger partial charge in [-0.1, -0.05) is 24.4 Å². The number of unbranched alkanes of at least 4 members (excludes halogenated alkanes) is 3. The molecule has 0 fully saturated rings. The number of aromatic nitrogens is 1. The lowest BCUT2D eigenvalue weighted by Gasteiger charge is -2.14. The van der Waals surface area contributed by atoms with Crippen molar-refractivity contribution >= 4 is 28.7 Å². The van der Waals surface area contributed by atoms with E-state index in [1.807, 2.05) is 12.1 Å². The molecule has 0 aliphatic carbocycles. The fourth-order valence-electron chi connectivity index (χ4n) is 2.78. The molecular weight excluding hydrogens is 378 g/mol. The van der Waals surface area contributed by atoms with Gasteiger partial charge in [0.2, 0.25) is 0 Å². The van der Waals surface area contributed by atoms with Gasteiger partial charge in [0.1, 0.15) is 17.1 Å². The Hall–Kier alpha value is -2.86. The van der Waals surface area contributed by atoms with Crippen LogP contribution in [0.1, 0.15) is 25.7 Å². The van der Waals surface area contributed by atoms with E-state index in [-0.39, 0.29) is 0 Å². The molecule has 0 aliphatic heterocycles. The number of hydrogen-bond acceptors (Lipinski definition) is 6. The number of anilines is 3. The van der Waals surface area contributed by atoms with Gasteiger partial charge in [0, 0.05) is 17.8 Å². The Bertz CT molecular complexity index is 951. The maximum atomic E-state index is 11.8. The van der Waals surface area contributed by atoms with Crippen LogP contribution in [-0.2, 0) is 0 Å². The smallest absolute Gasteiger partial charge is 0.253 e. The Morgan fingerprint density at radius 3 is 2.43 bits per heavy atom. The van der Waals surface area contributed by atoms with Crippen LogP contribution in [-0.4, -0.2) is 18.1 Å². The molecule has 1 aromatic heterocycles. The third-order valence-electron chi connectivity index (χ3n) is 4.30. The molecule has 0 unspecified atom stereocenters. The Kier molecular flexibility index (Phi) is 7.03. The van der Waals surface area contributed by atoms with Gasteiger partial charge in [-0.15, -0.1) is 0 Å². The summed E-state index contributed by atoms with van der Waals surface area (Å²) in [6, 6.07) is 10.9. The molecule has 2 aromatic carbocycles. The molecule has 28 heavy (non-hydrogen) atoms. The maximum absolute atomic E-state index is 11.8. The number of nitrogens with zero attached hydrogens (tertiary/aromatic N) is 1. The van der Waals surface area contributed by atoms with E-state index in [0.717, 1.165) is 31.4 Å². The fourth-order valence-corrected chi connectivity index (χ4v) is 2.90. The predicted molar refractivity (Wildman–Crippen MR) is 113 cm³/mol. The van der Waals surface area contributed by atoms with Crippen LogP contribution in [0.4, 0.5) is 17.1 Å². The third kappa shape index (κ3) is 5.33. The molecule has 0 saturated heterocycles. The van der Waals surface area contributed by atoms with Crippen LogP contribution in [0.3, 0.4) is 0 Å². The number of rotatable bonds is 11. The summed E-state index contributed by atoms with van der Waals surface area (Å²) >= 11 is 5.84. The molecule has 0 amide bonds. The minimum Gasteiger partial charge on any atom is -0.494 e. The summed E-state index contributed by atoms with van der Waals surface area (Å²) in [6.07, 6.45) is 7.15. The second-order valence-electron chi connectivity index (χ2n) is 6.42. The standard InChI is InChI=1S/C21H22ClN3O3/c22-15-7-9-17(10-8-15)28-13-4-2-1-3-12-24-18-19(21(27)20(18)26)25-16-6-5-11-23-14-16/h5-11,14,24-25H,1-4,12-13H2. The SMILES string of the molecule is O=c1c(NCCCCCCOc2ccc(Cl)cc2)c(Nc2cccnc2)c1=O. The van der Waals surface area contributed by atoms with Crippen LogP contribution in [0.25, 0.3) is 0 Å². The van der Waals surface area contributed by atoms with Crippen molar-refractivity contribution in [2.75, 3.05) is 23.8 Å². The highest BCUT2D eigenvalue weighted by Gasteiger charge is 2.20. The number of hydrogen-bond donors (Lipinski definition) is 2. The molecule has 0 bridgehead atoms. The normalized spacial score (nSPS) is 10.8. The van der Waals surface area contributed by atoms with Gasteiger partial charge in [0.25, 0.3) is 10.9 Å². The fraction of sp³-hybridized carbons (Fsp3) is 0.286. The lowest BCUT2D eigenvalue weighted by molar-refractivity contribution is 0.305. The van der Waals surface area contributed by atoms with Crippen LogP contribution >= 0.6 is 11.6 Å². The van der Waals surface area contributed by atoms with Crippen molar-refractivity contribution < 1.29 is 4.74 Å². The van der Waals surface area contributed by atoms with Gasteiger partial charge in [0.15, 0.2) is 0 Å². The molecule has 0 aliphatic rings. The summed E-state index contributed by atoms with van der Waals surface area (Å²) in [5.74, 6) is 0.819. The minimum atomic E-state index is -0.495. The molecule has 0 radical (unpaired) electrons. The number of halogens is 1. The summed E-state index contributed by atoms with van der Waals surface area (Å²) in [5, 5.41) is 6.72. The van der Waals surface area contributed by atoms with E-state index in [9.17, 15) is 9.59 Å². The second-order valence-corrected chi connectivity index (χ2v) is 6.85. The third-order valence-corrected chi connectivity index (χ3v) is 4.55. The van der Waals surface area contributed by atoms with Crippen molar-refractivity contribution in [3.8, 4) is 5.75 Å². The first-order chi connectivity index (χ1) is 13.6. The summed E-state index contributed by atoms with van der Waals surface area (Å²) in [6.45, 7) is 1.30. The Labute approximate surface area is 168 Å². The largest absolute Gasteiger partial charge is 0.494 e. The summed E-state index contributed by atoms with van der Waals surface area (Å²) in [7, 11) is 0. The lowest BCUT2D eigenvalue weighted by atomic mass is 10.1. The van der Waals surface area contributed by atoms with E-state index >= 15 is 0 Å². The highest BCUT2D eigenvalue weighted by atomic mass is 35.5. The molecule has 1 heterocycles. The van der Waals surface area contributed by atoms with Crippen LogP contribution in [0, 0.1) is 0 Å². The van der Waals surface area contributed by atoms with Gasteiger partial charge < -0.3 is 15.4 Å². The van der Waals surface area contributed by atoms with Crippen LogP contribution in [0.15, 0.2) is 58.4 Å². The van der Waals surface area contributed by atoms with Crippen molar-refractivity contribution in [2.45, 2.75) is 25.7 Å². The van der Waals surface area contributed by atoms with Gasteiger partial charge in [0.05, 0.1) is 18.5 Å². The molecular formula is C21H22ClN3O3. The molecule has 0 saturated carbocycles. The number of benzene rings is 1. The molecule has 2 N–H and O–H groups in total. The van der Waals surface area contributed by atoms with Gasteiger partial charge in [-0.2, -0.15) is 0 Å². The van der Waals surface area contributed by atoms with Crippen molar-refractivity contribution in [1.29, 1.82) is 0 Å². The number of pyridine rings is 1. The van der Waals surface area contributed by atoms with Crippen molar-refractivity contribution in [3.05, 3.63) is 74.3 Å². The maximum Gasteiger partial charge on any atom is 0.253 e. The van der Waals surface area contributed by atoms with E-state index in [0.29, 0.717) is 35.2 Å². The zero-order chi connectivity index (χ0) is 19.8. The summed E-state index contributed by atoms with van der Waals surface area (Å²) in [4.78, 5) is 27.5. The number of nitrogens with one attached hydrogen (secondary N) is 2. The molecule has 146 valence electrons. The summed E-state index contributed by atoms with van der Waals surface area (Å²) in [5.41, 5.74) is 0.390. The average molecular weight is 400 g/mol. The Morgan fingerprint density at radius 2 is 1.68 bits per heavy atom. The molecule has 3 rings (SSSR count). The van der Waals surface area contributed by atoms with Crippen LogP contribution in [0.5, 0.6) is 5.75 Å². The summed E-state index contributed by atoms with van der Waals surface area (Å²) < 4.78 is 5.65. The van der Waals surface area contributed by atoms with Crippen molar-refractivity contribution in [2.24, 2.45) is 0 Å². The van der Waals surface area contributed by atoms with Crippen molar-refractivity contribution in [1.82, 2.24) is 4.98 Å². The minimum absolute atomic E-state index is 0.314. The van der Waals surface area contributed by atoms with Gasteiger partial charge in [-0.05, 0) is 49.2 Å². The van der Waals surface area contributed by atoms with E-state index in [1.165, 1.54) is 0 Å². The van der Waals surface area contributed by atoms with Gasteiger partial charge >= 0.3 is 0 Å². The van der Waals surface area contributed by atoms with Gasteiger partial charge in [-0.3, -0.25) is 14.6 Å². The molecule has 3 aromatic rings. The lowest BCUT2D eigenvalue weighted by Crippen LogP contribution is -2.36. The van der Waals surface area contributed by atoms with E-state index in [1.54, 1.807) is 36.7 Å². The van der Waals surface area contributed by atoms with Gasteiger partial charge in [-0.25, -0.2) is 0 Å². The van der Waals surface area contributed by atoms with E-state index in [2.05, 4.69) is 15.6 Å². The Balaban J connectivity index is 1.32. The first-order valence-corrected chi connectivity index (χ1v) is 9.65. The van der Waals surface area contributed by atoms with E-state index in [4.69, 9.17) is 16.3 Å². The predicted octanol–water partition coefficient (Wildman–Crippen LogP) is 4.13. The van der Waals surface area contributed by atoms with Crippen LogP contribution in [0.2, 0.25) is 5.02 Å². The molecule has 0 atom stereocenters. The highest BCUT2D eigenvalue weighted by molar-refractivity contribution is 6.30. The van der Waals surface area contributed by atoms with Crippen LogP contribution < -0.4 is 26.2 Å².